The van der Waals surface area contributed by atoms with Gasteiger partial charge in [0.25, 0.3) is 0 Å². The minimum absolute atomic E-state index is 0.682. The fraction of sp³-hybridized carbons (Fsp3) is 0.333. The van der Waals surface area contributed by atoms with Gasteiger partial charge in [-0.25, -0.2) is 4.98 Å². The molecule has 0 spiro atoms. The fourth-order valence-corrected chi connectivity index (χ4v) is 1.59. The van der Waals surface area contributed by atoms with Crippen LogP contribution in [0.3, 0.4) is 0 Å². The summed E-state index contributed by atoms with van der Waals surface area (Å²) in [5.41, 5.74) is 2.87. The number of aryl methyl sites for hydroxylation is 1. The normalized spacial score (nSPS) is 10.3. The number of likely N-dealkylation sites (N-methyl/N-ethyl adjacent to an activating group) is 1. The molecular weight excluding hydrogens is 202 g/mol. The summed E-state index contributed by atoms with van der Waals surface area (Å²) in [6, 6.07) is 5.95. The Labute approximate surface area is 94.1 Å². The zero-order valence-corrected chi connectivity index (χ0v) is 9.40. The molecule has 0 bridgehead atoms. The Balaban J connectivity index is 2.16. The number of hydrogen-bond acceptors (Lipinski definition) is 4. The maximum absolute atomic E-state index is 8.64. The largest absolute Gasteiger partial charge is 0.441 e. The number of benzene rings is 1. The van der Waals surface area contributed by atoms with Crippen molar-refractivity contribution in [3.8, 4) is 6.19 Å². The van der Waals surface area contributed by atoms with E-state index in [1.54, 1.807) is 11.9 Å². The minimum Gasteiger partial charge on any atom is -0.441 e. The van der Waals surface area contributed by atoms with E-state index in [1.165, 1.54) is 5.56 Å². The number of fused-ring (bicyclic) bond motifs is 1. The van der Waals surface area contributed by atoms with E-state index in [9.17, 15) is 0 Å². The van der Waals surface area contributed by atoms with E-state index in [0.29, 0.717) is 5.89 Å². The maximum atomic E-state index is 8.64. The van der Waals surface area contributed by atoms with Crippen molar-refractivity contribution in [1.29, 1.82) is 5.26 Å². The van der Waals surface area contributed by atoms with Crippen molar-refractivity contribution in [2.45, 2.75) is 13.3 Å². The van der Waals surface area contributed by atoms with Gasteiger partial charge in [-0.2, -0.15) is 5.26 Å². The van der Waals surface area contributed by atoms with Gasteiger partial charge in [0.05, 0.1) is 0 Å². The first-order valence-corrected chi connectivity index (χ1v) is 5.16. The number of rotatable bonds is 3. The molecule has 0 unspecified atom stereocenters. The van der Waals surface area contributed by atoms with Gasteiger partial charge in [-0.3, -0.25) is 0 Å². The van der Waals surface area contributed by atoms with Crippen LogP contribution in [-0.2, 0) is 6.42 Å². The van der Waals surface area contributed by atoms with Crippen LogP contribution >= 0.6 is 0 Å². The zero-order valence-electron chi connectivity index (χ0n) is 9.40. The van der Waals surface area contributed by atoms with Crippen LogP contribution in [0, 0.1) is 18.4 Å². The molecule has 2 rings (SSSR count). The molecular formula is C12H13N3O. The third kappa shape index (κ3) is 2.14. The van der Waals surface area contributed by atoms with Gasteiger partial charge in [-0.1, -0.05) is 6.07 Å². The van der Waals surface area contributed by atoms with Crippen molar-refractivity contribution in [2.24, 2.45) is 0 Å². The molecule has 0 N–H and O–H groups in total. The summed E-state index contributed by atoms with van der Waals surface area (Å²) in [7, 11) is 1.78. The molecule has 4 nitrogen and oxygen atoms in total. The SMILES string of the molecule is Cc1nc2cc(CCN(C)C#N)ccc2o1. The molecule has 0 fully saturated rings. The van der Waals surface area contributed by atoms with E-state index >= 15 is 0 Å². The van der Waals surface area contributed by atoms with Crippen molar-refractivity contribution < 1.29 is 4.42 Å². The van der Waals surface area contributed by atoms with E-state index in [0.717, 1.165) is 24.1 Å². The predicted molar refractivity (Wildman–Crippen MR) is 60.7 cm³/mol. The van der Waals surface area contributed by atoms with E-state index < -0.39 is 0 Å². The standard InChI is InChI=1S/C12H13N3O/c1-9-14-11-7-10(3-4-12(11)16-9)5-6-15(2)8-13/h3-4,7H,5-6H2,1-2H3. The summed E-state index contributed by atoms with van der Waals surface area (Å²) in [5.74, 6) is 0.682. The van der Waals surface area contributed by atoms with Crippen LogP contribution in [0.4, 0.5) is 0 Å². The highest BCUT2D eigenvalue weighted by atomic mass is 16.3. The predicted octanol–water partition coefficient (Wildman–Crippen LogP) is 2.09. The Kier molecular flexibility index (Phi) is 2.78. The van der Waals surface area contributed by atoms with Crippen molar-refractivity contribution in [3.63, 3.8) is 0 Å². The summed E-state index contributed by atoms with van der Waals surface area (Å²) in [6.07, 6.45) is 2.91. The molecule has 82 valence electrons. The van der Waals surface area contributed by atoms with Crippen LogP contribution in [-0.4, -0.2) is 23.5 Å². The highest BCUT2D eigenvalue weighted by Gasteiger charge is 2.03. The molecule has 0 saturated carbocycles. The zero-order chi connectivity index (χ0) is 11.5. The van der Waals surface area contributed by atoms with Crippen molar-refractivity contribution in [3.05, 3.63) is 29.7 Å². The number of oxazole rings is 1. The summed E-state index contributed by atoms with van der Waals surface area (Å²) >= 11 is 0. The number of nitrogens with zero attached hydrogens (tertiary/aromatic N) is 3. The lowest BCUT2D eigenvalue weighted by Crippen LogP contribution is -2.14. The minimum atomic E-state index is 0.682. The lowest BCUT2D eigenvalue weighted by atomic mass is 10.1. The highest BCUT2D eigenvalue weighted by Crippen LogP contribution is 2.17. The number of aromatic nitrogens is 1. The van der Waals surface area contributed by atoms with Gasteiger partial charge in [-0.15, -0.1) is 0 Å². The molecule has 1 heterocycles. The van der Waals surface area contributed by atoms with Crippen LogP contribution < -0.4 is 0 Å². The van der Waals surface area contributed by atoms with Crippen molar-refractivity contribution >= 4 is 11.1 Å². The maximum Gasteiger partial charge on any atom is 0.192 e. The summed E-state index contributed by atoms with van der Waals surface area (Å²) in [6.45, 7) is 2.56. The molecule has 0 aliphatic heterocycles. The summed E-state index contributed by atoms with van der Waals surface area (Å²) in [5, 5.41) is 8.64. The Hall–Kier alpha value is -2.02. The Morgan fingerprint density at radius 3 is 3.06 bits per heavy atom. The van der Waals surface area contributed by atoms with Gasteiger partial charge in [0.2, 0.25) is 0 Å². The lowest BCUT2D eigenvalue weighted by molar-refractivity contribution is 0.478. The van der Waals surface area contributed by atoms with Gasteiger partial charge in [0.15, 0.2) is 17.7 Å². The van der Waals surface area contributed by atoms with Crippen LogP contribution in [0.5, 0.6) is 0 Å². The molecule has 1 aromatic heterocycles. The first-order valence-electron chi connectivity index (χ1n) is 5.16. The van der Waals surface area contributed by atoms with Gasteiger partial charge in [0, 0.05) is 20.5 Å². The molecule has 0 amide bonds. The van der Waals surface area contributed by atoms with Gasteiger partial charge >= 0.3 is 0 Å². The van der Waals surface area contributed by atoms with Crippen molar-refractivity contribution in [1.82, 2.24) is 9.88 Å². The van der Waals surface area contributed by atoms with E-state index in [4.69, 9.17) is 9.68 Å². The average molecular weight is 215 g/mol. The first kappa shape index (κ1) is 10.5. The molecule has 4 heteroatoms. The first-order chi connectivity index (χ1) is 7.69. The van der Waals surface area contributed by atoms with Gasteiger partial charge in [-0.05, 0) is 24.1 Å². The third-order valence-electron chi connectivity index (χ3n) is 2.47. The van der Waals surface area contributed by atoms with Crippen molar-refractivity contribution in [2.75, 3.05) is 13.6 Å². The van der Waals surface area contributed by atoms with Crippen LogP contribution in [0.2, 0.25) is 0 Å². The molecule has 0 aliphatic carbocycles. The molecule has 0 saturated heterocycles. The second-order valence-electron chi connectivity index (χ2n) is 3.81. The Bertz CT molecular complexity index is 539. The van der Waals surface area contributed by atoms with Gasteiger partial charge < -0.3 is 9.32 Å². The summed E-state index contributed by atoms with van der Waals surface area (Å²) in [4.78, 5) is 5.89. The smallest absolute Gasteiger partial charge is 0.192 e. The second-order valence-corrected chi connectivity index (χ2v) is 3.81. The Morgan fingerprint density at radius 1 is 1.50 bits per heavy atom. The lowest BCUT2D eigenvalue weighted by Gasteiger charge is -2.07. The monoisotopic (exact) mass is 215 g/mol. The topological polar surface area (TPSA) is 53.1 Å². The Morgan fingerprint density at radius 2 is 2.31 bits per heavy atom. The molecule has 2 aromatic rings. The molecule has 16 heavy (non-hydrogen) atoms. The number of hydrogen-bond donors (Lipinski definition) is 0. The van der Waals surface area contributed by atoms with Crippen LogP contribution in [0.15, 0.2) is 22.6 Å². The quantitative estimate of drug-likeness (QED) is 0.581. The molecule has 0 atom stereocenters. The fourth-order valence-electron chi connectivity index (χ4n) is 1.59. The van der Waals surface area contributed by atoms with E-state index in [1.807, 2.05) is 25.1 Å². The second kappa shape index (κ2) is 4.23. The van der Waals surface area contributed by atoms with Crippen LogP contribution in [0.25, 0.3) is 11.1 Å². The summed E-state index contributed by atoms with van der Waals surface area (Å²) < 4.78 is 5.40. The highest BCUT2D eigenvalue weighted by molar-refractivity contribution is 5.73. The number of nitriles is 1. The van der Waals surface area contributed by atoms with Crippen LogP contribution in [0.1, 0.15) is 11.5 Å². The van der Waals surface area contributed by atoms with Gasteiger partial charge in [0.1, 0.15) is 5.52 Å². The molecule has 0 radical (unpaired) electrons. The average Bonchev–Trinajstić information content (AvgIpc) is 2.65. The molecule has 1 aromatic carbocycles. The van der Waals surface area contributed by atoms with E-state index in [2.05, 4.69) is 11.2 Å². The van der Waals surface area contributed by atoms with E-state index in [-0.39, 0.29) is 0 Å². The third-order valence-corrected chi connectivity index (χ3v) is 2.47. The molecule has 0 aliphatic rings.